The lowest BCUT2D eigenvalue weighted by Crippen LogP contribution is -2.18. The molecule has 262 valence electrons. The Morgan fingerprint density at radius 2 is 1.86 bits per heavy atom. The van der Waals surface area contributed by atoms with E-state index in [1.165, 1.54) is 4.88 Å². The molecule has 0 radical (unpaired) electrons. The number of hydrogen-bond acceptors (Lipinski definition) is 8. The molecule has 0 fully saturated rings. The minimum atomic E-state index is -0.996. The van der Waals surface area contributed by atoms with E-state index in [1.807, 2.05) is 49.7 Å². The Labute approximate surface area is 305 Å². The van der Waals surface area contributed by atoms with Crippen LogP contribution in [0, 0.1) is 13.8 Å². The Kier molecular flexibility index (Phi) is 11.2. The molecule has 50 heavy (non-hydrogen) atoms. The van der Waals surface area contributed by atoms with Crippen molar-refractivity contribution in [2.24, 2.45) is 7.05 Å². The zero-order chi connectivity index (χ0) is 35.5. The van der Waals surface area contributed by atoms with E-state index in [0.717, 1.165) is 76.9 Å². The van der Waals surface area contributed by atoms with Gasteiger partial charge in [0.15, 0.2) is 0 Å². The molecule has 8 bridgehead atoms. The quantitative estimate of drug-likeness (QED) is 0.166. The molecule has 3 aromatic heterocycles. The first kappa shape index (κ1) is 35.9. The van der Waals surface area contributed by atoms with Crippen molar-refractivity contribution < 1.29 is 19.7 Å². The average molecular weight is 732 g/mol. The summed E-state index contributed by atoms with van der Waals surface area (Å²) in [5, 5.41) is 33.2. The predicted molar refractivity (Wildman–Crippen MR) is 204 cm³/mol. The van der Waals surface area contributed by atoms with Crippen molar-refractivity contribution in [3.8, 4) is 16.9 Å². The van der Waals surface area contributed by atoms with Gasteiger partial charge in [-0.05, 0) is 55.8 Å². The van der Waals surface area contributed by atoms with Crippen LogP contribution in [0.4, 0.5) is 0 Å². The van der Waals surface area contributed by atoms with Crippen LogP contribution in [-0.2, 0) is 38.9 Å². The molecule has 0 spiro atoms. The molecular weight excluding hydrogens is 690 g/mol. The van der Waals surface area contributed by atoms with Crippen molar-refractivity contribution in [3.63, 3.8) is 0 Å². The van der Waals surface area contributed by atoms with Gasteiger partial charge in [-0.3, -0.25) is 4.68 Å². The minimum Gasteiger partial charge on any atom is -0.493 e. The number of nitrogens with one attached hydrogen (secondary N) is 1. The third kappa shape index (κ3) is 6.89. The maximum absolute atomic E-state index is 12.8. The van der Waals surface area contributed by atoms with E-state index in [4.69, 9.17) is 26.4 Å². The summed E-state index contributed by atoms with van der Waals surface area (Å²) in [5.41, 5.74) is 5.93. The Morgan fingerprint density at radius 3 is 2.64 bits per heavy atom. The summed E-state index contributed by atoms with van der Waals surface area (Å²) in [7, 11) is 1.78. The van der Waals surface area contributed by atoms with E-state index in [0.29, 0.717) is 44.1 Å². The fourth-order valence-electron chi connectivity index (χ4n) is 6.79. The Morgan fingerprint density at radius 1 is 1.06 bits per heavy atom. The zero-order valence-corrected chi connectivity index (χ0v) is 31.4. The number of halogens is 1. The summed E-state index contributed by atoms with van der Waals surface area (Å²) in [5.74, 6) is 0.620. The lowest BCUT2D eigenvalue weighted by Gasteiger charge is -2.14. The number of ether oxygens (including phenoxy) is 1. The van der Waals surface area contributed by atoms with Gasteiger partial charge in [0.25, 0.3) is 0 Å². The van der Waals surface area contributed by atoms with Crippen molar-refractivity contribution in [1.29, 1.82) is 0 Å². The number of aliphatic hydroxyl groups excluding tert-OH is 1. The van der Waals surface area contributed by atoms with Crippen molar-refractivity contribution in [2.45, 2.75) is 70.8 Å². The highest BCUT2D eigenvalue weighted by atomic mass is 35.5. The number of nitrogens with zero attached hydrogens (tertiary/aromatic N) is 4. The first-order chi connectivity index (χ1) is 24.2. The second kappa shape index (κ2) is 15.6. The van der Waals surface area contributed by atoms with Gasteiger partial charge in [-0.25, -0.2) is 9.78 Å². The molecule has 0 saturated carbocycles. The Bertz CT molecular complexity index is 2190. The molecule has 1 aliphatic heterocycles. The van der Waals surface area contributed by atoms with Crippen molar-refractivity contribution in [1.82, 2.24) is 24.6 Å². The fourth-order valence-corrected chi connectivity index (χ4v) is 9.20. The van der Waals surface area contributed by atoms with Crippen LogP contribution in [0.15, 0.2) is 53.4 Å². The molecule has 9 nitrogen and oxygen atoms in total. The van der Waals surface area contributed by atoms with Gasteiger partial charge >= 0.3 is 5.97 Å². The number of benzene rings is 3. The van der Waals surface area contributed by atoms with Crippen LogP contribution in [0.3, 0.4) is 0 Å². The smallest absolute Gasteiger partial charge is 0.352 e. The molecule has 12 heteroatoms. The van der Waals surface area contributed by atoms with Gasteiger partial charge in [0.2, 0.25) is 0 Å². The predicted octanol–water partition coefficient (Wildman–Crippen LogP) is 8.55. The molecule has 0 atom stereocenters. The number of carbonyl (C=O) groups is 1. The largest absolute Gasteiger partial charge is 0.493 e. The van der Waals surface area contributed by atoms with Gasteiger partial charge in [-0.2, -0.15) is 5.10 Å². The molecule has 6 aromatic rings. The number of carboxylic acids is 1. The van der Waals surface area contributed by atoms with Crippen molar-refractivity contribution in [3.05, 3.63) is 91.8 Å². The highest BCUT2D eigenvalue weighted by Gasteiger charge is 2.27. The van der Waals surface area contributed by atoms with E-state index in [9.17, 15) is 15.0 Å². The Hall–Kier alpha value is -3.87. The number of thioether (sulfide) groups is 1. The maximum Gasteiger partial charge on any atom is 0.352 e. The van der Waals surface area contributed by atoms with Crippen LogP contribution >= 0.6 is 34.7 Å². The molecule has 0 aliphatic carbocycles. The number of carboxylic acid groups (broad SMARTS) is 1. The third-order valence-electron chi connectivity index (χ3n) is 8.91. The molecule has 0 saturated heterocycles. The first-order valence-electron chi connectivity index (χ1n) is 16.9. The van der Waals surface area contributed by atoms with Crippen LogP contribution in [-0.4, -0.2) is 48.7 Å². The molecule has 1 aliphatic rings. The van der Waals surface area contributed by atoms with Gasteiger partial charge in [0, 0.05) is 57.6 Å². The molecule has 0 unspecified atom stereocenters. The van der Waals surface area contributed by atoms with Crippen LogP contribution in [0.2, 0.25) is 5.02 Å². The highest BCUT2D eigenvalue weighted by molar-refractivity contribution is 7.98. The SMILES string of the molecule is CC.Cc1nc2sc1CSc1cc(c3ccccc3c1)OCCCc1c(C(=O)O)n(C)c3c(c(Cl)ccc13)-c1c(C)nn(CCO)c1CNC2. The van der Waals surface area contributed by atoms with E-state index >= 15 is 0 Å². The summed E-state index contributed by atoms with van der Waals surface area (Å²) in [6.45, 7) is 9.66. The van der Waals surface area contributed by atoms with E-state index in [1.54, 1.807) is 34.7 Å². The van der Waals surface area contributed by atoms with E-state index < -0.39 is 5.97 Å². The molecule has 7 rings (SSSR count). The van der Waals surface area contributed by atoms with Crippen LogP contribution in [0.25, 0.3) is 32.8 Å². The lowest BCUT2D eigenvalue weighted by atomic mass is 9.98. The number of rotatable bonds is 3. The second-order valence-corrected chi connectivity index (χ2v) is 14.6. The van der Waals surface area contributed by atoms with Crippen molar-refractivity contribution in [2.75, 3.05) is 13.2 Å². The molecule has 0 amide bonds. The first-order valence-corrected chi connectivity index (χ1v) is 19.1. The van der Waals surface area contributed by atoms with Crippen LogP contribution in [0.5, 0.6) is 5.75 Å². The van der Waals surface area contributed by atoms with Crippen molar-refractivity contribution >= 4 is 62.3 Å². The standard InChI is InChI=1S/C36H36ClN5O4S2.C2H6/c1-20-30-19-47-23-15-22-7-4-5-8-24(22)29(16-23)46-14-6-9-25-26-10-11-27(37)33(34(26)41(3)35(25)36(44)45)32-21(2)40-42(12-13-43)28(32)17-38-18-31(39-20)48-30;1-2/h4-5,7-8,10-11,15-16,38,43H,6,9,12-14,17-19H2,1-3H3,(H,44,45);1-2H3. The third-order valence-corrected chi connectivity index (χ3v) is 11.6. The van der Waals surface area contributed by atoms with E-state index in [-0.39, 0.29) is 12.3 Å². The summed E-state index contributed by atoms with van der Waals surface area (Å²) in [4.78, 5) is 20.0. The number of hydrogen-bond donors (Lipinski definition) is 3. The Balaban J connectivity index is 0.00000212. The second-order valence-electron chi connectivity index (χ2n) is 12.0. The van der Waals surface area contributed by atoms with Gasteiger partial charge < -0.3 is 24.8 Å². The maximum atomic E-state index is 12.8. The summed E-state index contributed by atoms with van der Waals surface area (Å²) >= 11 is 10.5. The highest BCUT2D eigenvalue weighted by Crippen LogP contribution is 2.42. The fraction of sp³-hybridized carbons (Fsp3) is 0.342. The molecular formula is C38H42ClN5O4S2. The van der Waals surface area contributed by atoms with Gasteiger partial charge in [0.1, 0.15) is 16.5 Å². The number of aliphatic hydroxyl groups is 1. The number of thiazole rings is 1. The normalized spacial score (nSPS) is 13.7. The number of aromatic carboxylic acids is 1. The topological polar surface area (TPSA) is 114 Å². The van der Waals surface area contributed by atoms with E-state index in [2.05, 4.69) is 36.5 Å². The molecule has 3 N–H and O–H groups in total. The van der Waals surface area contributed by atoms with Gasteiger partial charge in [0.05, 0.1) is 47.4 Å². The number of aromatic nitrogens is 4. The monoisotopic (exact) mass is 731 g/mol. The summed E-state index contributed by atoms with van der Waals surface area (Å²) < 4.78 is 10.00. The average Bonchev–Trinajstić information content (AvgIpc) is 3.72. The van der Waals surface area contributed by atoms with Crippen LogP contribution in [0.1, 0.15) is 63.3 Å². The number of fused-ring (bicyclic) bond motifs is 8. The van der Waals surface area contributed by atoms with Gasteiger partial charge in [-0.1, -0.05) is 55.8 Å². The van der Waals surface area contributed by atoms with Crippen LogP contribution < -0.4 is 10.1 Å². The summed E-state index contributed by atoms with van der Waals surface area (Å²) in [6.07, 6.45) is 1.13. The summed E-state index contributed by atoms with van der Waals surface area (Å²) in [6, 6.07) is 16.3. The molecule has 4 heterocycles. The minimum absolute atomic E-state index is 0.0736. The van der Waals surface area contributed by atoms with Gasteiger partial charge in [-0.15, -0.1) is 23.1 Å². The molecule has 3 aromatic carbocycles. The zero-order valence-electron chi connectivity index (χ0n) is 29.0. The lowest BCUT2D eigenvalue weighted by molar-refractivity contribution is 0.0685. The number of aryl methyl sites for hydroxylation is 4.